The van der Waals surface area contributed by atoms with Crippen molar-refractivity contribution in [1.29, 1.82) is 0 Å². The maximum absolute atomic E-state index is 13.0. The molecule has 0 radical (unpaired) electrons. The minimum absolute atomic E-state index is 0.0217. The van der Waals surface area contributed by atoms with E-state index < -0.39 is 11.1 Å². The molecule has 0 bridgehead atoms. The van der Waals surface area contributed by atoms with Crippen LogP contribution in [0.2, 0.25) is 0 Å². The molecule has 0 aromatic heterocycles. The quantitative estimate of drug-likeness (QED) is 0.750. The molecular weight excluding hydrogens is 398 g/mol. The molecule has 1 unspecified atom stereocenters. The highest BCUT2D eigenvalue weighted by atomic mass is 16.6. The minimum Gasteiger partial charge on any atom is -0.497 e. The number of hydrogen-bond acceptors (Lipinski definition) is 5. The van der Waals surface area contributed by atoms with Gasteiger partial charge in [-0.25, -0.2) is 14.5 Å². The number of likely N-dealkylation sites (tertiary alicyclic amines) is 1. The van der Waals surface area contributed by atoms with Gasteiger partial charge in [-0.3, -0.25) is 5.32 Å². The monoisotopic (exact) mass is 430 g/mol. The third-order valence-electron chi connectivity index (χ3n) is 6.34. The fraction of sp³-hybridized carbons (Fsp3) is 0.565. The Morgan fingerprint density at radius 1 is 1.16 bits per heavy atom. The SMILES string of the molecule is COc1cc2c(c(OC)c1)CC=C1[NH+](C2)C(=O)NC12CCN(C(=O)OC(C)(C)C)CC2. The van der Waals surface area contributed by atoms with Crippen LogP contribution in [0.3, 0.4) is 0 Å². The van der Waals surface area contributed by atoms with Crippen LogP contribution in [0.25, 0.3) is 0 Å². The predicted molar refractivity (Wildman–Crippen MR) is 114 cm³/mol. The Balaban J connectivity index is 1.57. The lowest BCUT2D eigenvalue weighted by Gasteiger charge is -2.38. The first-order valence-corrected chi connectivity index (χ1v) is 10.8. The first-order chi connectivity index (χ1) is 14.7. The van der Waals surface area contributed by atoms with Gasteiger partial charge in [-0.2, -0.15) is 0 Å². The molecule has 1 aromatic carbocycles. The van der Waals surface area contributed by atoms with Gasteiger partial charge in [0, 0.05) is 36.7 Å². The number of fused-ring (bicyclic) bond motifs is 3. The summed E-state index contributed by atoms with van der Waals surface area (Å²) in [6.07, 6.45) is 3.90. The molecule has 2 fully saturated rings. The van der Waals surface area contributed by atoms with Crippen molar-refractivity contribution in [2.45, 2.75) is 57.7 Å². The van der Waals surface area contributed by atoms with E-state index in [4.69, 9.17) is 14.2 Å². The molecule has 0 aliphatic carbocycles. The number of amides is 3. The molecule has 0 saturated carbocycles. The van der Waals surface area contributed by atoms with E-state index in [1.165, 1.54) is 0 Å². The molecule has 168 valence electrons. The van der Waals surface area contributed by atoms with Crippen molar-refractivity contribution in [2.24, 2.45) is 0 Å². The molecule has 3 amide bonds. The number of methoxy groups -OCH3 is 2. The van der Waals surface area contributed by atoms with Gasteiger partial charge in [0.15, 0.2) is 0 Å². The zero-order chi connectivity index (χ0) is 22.4. The summed E-state index contributed by atoms with van der Waals surface area (Å²) in [6.45, 7) is 7.23. The molecule has 3 heterocycles. The Labute approximate surface area is 183 Å². The highest BCUT2D eigenvalue weighted by molar-refractivity contribution is 5.72. The maximum Gasteiger partial charge on any atom is 0.420 e. The normalized spacial score (nSPS) is 22.1. The first kappa shape index (κ1) is 21.5. The molecule has 8 heteroatoms. The van der Waals surface area contributed by atoms with Crippen molar-refractivity contribution < 1.29 is 28.7 Å². The Bertz CT molecular complexity index is 926. The molecular formula is C23H32N3O5+. The molecule has 1 atom stereocenters. The third-order valence-corrected chi connectivity index (χ3v) is 6.34. The Morgan fingerprint density at radius 3 is 2.48 bits per heavy atom. The summed E-state index contributed by atoms with van der Waals surface area (Å²) in [5, 5.41) is 3.25. The molecule has 1 aromatic rings. The van der Waals surface area contributed by atoms with E-state index >= 15 is 0 Å². The second-order valence-electron chi connectivity index (χ2n) is 9.45. The third kappa shape index (κ3) is 3.96. The number of piperidine rings is 1. The molecule has 3 aliphatic rings. The standard InChI is InChI=1S/C23H31N3O5/c1-22(2,3)31-21(28)25-10-8-23(9-11-25)19-7-6-17-15(14-26(19)20(27)24-23)12-16(29-4)13-18(17)30-5/h7,12-13H,6,8-11,14H2,1-5H3,(H,24,27)/p+1. The predicted octanol–water partition coefficient (Wildman–Crippen LogP) is 2.02. The largest absolute Gasteiger partial charge is 0.497 e. The van der Waals surface area contributed by atoms with Crippen molar-refractivity contribution in [3.63, 3.8) is 0 Å². The van der Waals surface area contributed by atoms with E-state index in [-0.39, 0.29) is 12.1 Å². The number of hydrogen-bond donors (Lipinski definition) is 2. The van der Waals surface area contributed by atoms with Crippen LogP contribution >= 0.6 is 0 Å². The molecule has 4 rings (SSSR count). The van der Waals surface area contributed by atoms with E-state index in [0.717, 1.165) is 33.2 Å². The lowest BCUT2D eigenvalue weighted by Crippen LogP contribution is -3.10. The van der Waals surface area contributed by atoms with Gasteiger partial charge < -0.3 is 19.1 Å². The number of nitrogens with one attached hydrogen (secondary N) is 2. The van der Waals surface area contributed by atoms with Gasteiger partial charge in [0.05, 0.1) is 14.2 Å². The number of ether oxygens (including phenoxy) is 3. The molecule has 2 saturated heterocycles. The average Bonchev–Trinajstić information content (AvgIpc) is 2.86. The summed E-state index contributed by atoms with van der Waals surface area (Å²) in [4.78, 5) is 28.0. The smallest absolute Gasteiger partial charge is 0.420 e. The maximum atomic E-state index is 13.0. The van der Waals surface area contributed by atoms with Gasteiger partial charge in [0.25, 0.3) is 0 Å². The van der Waals surface area contributed by atoms with E-state index in [0.29, 0.717) is 38.9 Å². The minimum atomic E-state index is -0.523. The van der Waals surface area contributed by atoms with Gasteiger partial charge in [0.2, 0.25) is 0 Å². The van der Waals surface area contributed by atoms with Crippen LogP contribution < -0.4 is 19.7 Å². The number of urea groups is 1. The second kappa shape index (κ2) is 7.75. The van der Waals surface area contributed by atoms with Crippen LogP contribution in [0.5, 0.6) is 11.5 Å². The highest BCUT2D eigenvalue weighted by Crippen LogP contribution is 2.35. The number of quaternary nitrogens is 1. The molecule has 1 spiro atoms. The van der Waals surface area contributed by atoms with Gasteiger partial charge in [-0.1, -0.05) is 0 Å². The summed E-state index contributed by atoms with van der Waals surface area (Å²) in [5.74, 6) is 1.50. The summed E-state index contributed by atoms with van der Waals surface area (Å²) >= 11 is 0. The van der Waals surface area contributed by atoms with Crippen molar-refractivity contribution in [3.05, 3.63) is 35.0 Å². The van der Waals surface area contributed by atoms with Crippen LogP contribution in [-0.4, -0.2) is 55.5 Å². The van der Waals surface area contributed by atoms with E-state index in [2.05, 4.69) is 11.4 Å². The fourth-order valence-electron chi connectivity index (χ4n) is 4.82. The van der Waals surface area contributed by atoms with E-state index in [9.17, 15) is 9.59 Å². The number of allylic oxidation sites excluding steroid dienone is 1. The first-order valence-electron chi connectivity index (χ1n) is 10.8. The second-order valence-corrected chi connectivity index (χ2v) is 9.45. The van der Waals surface area contributed by atoms with Crippen molar-refractivity contribution in [1.82, 2.24) is 10.2 Å². The Hall–Kier alpha value is -2.74. The fourth-order valence-corrected chi connectivity index (χ4v) is 4.82. The van der Waals surface area contributed by atoms with Crippen LogP contribution in [0.15, 0.2) is 23.9 Å². The van der Waals surface area contributed by atoms with Gasteiger partial charge in [-0.15, -0.1) is 0 Å². The summed E-state index contributed by atoms with van der Waals surface area (Å²) in [6, 6.07) is 3.86. The van der Waals surface area contributed by atoms with Crippen LogP contribution in [0.1, 0.15) is 44.7 Å². The number of carbonyl (C=O) groups excluding carboxylic acids is 2. The zero-order valence-electron chi connectivity index (χ0n) is 19.0. The van der Waals surface area contributed by atoms with Crippen LogP contribution in [0.4, 0.5) is 9.59 Å². The van der Waals surface area contributed by atoms with Gasteiger partial charge in [0.1, 0.15) is 34.9 Å². The molecule has 31 heavy (non-hydrogen) atoms. The molecule has 8 nitrogen and oxygen atoms in total. The lowest BCUT2D eigenvalue weighted by atomic mass is 9.84. The number of rotatable bonds is 2. The number of benzene rings is 1. The number of nitrogens with zero attached hydrogens (tertiary/aromatic N) is 1. The van der Waals surface area contributed by atoms with Gasteiger partial charge >= 0.3 is 12.1 Å². The van der Waals surface area contributed by atoms with Crippen LogP contribution in [-0.2, 0) is 17.7 Å². The molecule has 2 N–H and O–H groups in total. The summed E-state index contributed by atoms with van der Waals surface area (Å²) in [5.41, 5.74) is 2.26. The average molecular weight is 431 g/mol. The Kier molecular flexibility index (Phi) is 5.37. The van der Waals surface area contributed by atoms with Gasteiger partial charge in [-0.05, 0) is 45.8 Å². The summed E-state index contributed by atoms with van der Waals surface area (Å²) in [7, 11) is 3.28. The van der Waals surface area contributed by atoms with Crippen LogP contribution in [0, 0.1) is 0 Å². The Morgan fingerprint density at radius 2 is 1.87 bits per heavy atom. The highest BCUT2D eigenvalue weighted by Gasteiger charge is 2.54. The van der Waals surface area contributed by atoms with Crippen molar-refractivity contribution in [2.75, 3.05) is 27.3 Å². The van der Waals surface area contributed by atoms with Crippen molar-refractivity contribution >= 4 is 12.1 Å². The summed E-state index contributed by atoms with van der Waals surface area (Å²) < 4.78 is 16.5. The van der Waals surface area contributed by atoms with E-state index in [1.54, 1.807) is 19.1 Å². The zero-order valence-corrected chi connectivity index (χ0v) is 19.0. The topological polar surface area (TPSA) is 81.5 Å². The van der Waals surface area contributed by atoms with E-state index in [1.807, 2.05) is 32.9 Å². The lowest BCUT2D eigenvalue weighted by molar-refractivity contribution is -0.782. The number of carbonyl (C=O) groups is 2. The molecule has 3 aliphatic heterocycles. The van der Waals surface area contributed by atoms with Crippen molar-refractivity contribution in [3.8, 4) is 11.5 Å².